The number of nitrogens with two attached hydrogens (primary N) is 2. The molecule has 0 aliphatic heterocycles. The molecule has 1 aliphatic rings. The molecule has 7 nitrogen and oxygen atoms in total. The molecule has 5 N–H and O–H groups in total. The van der Waals surface area contributed by atoms with Crippen LogP contribution in [0.15, 0.2) is 11.2 Å². The van der Waals surface area contributed by atoms with E-state index in [-0.39, 0.29) is 29.2 Å². The number of carbonyl (C=O) groups is 1. The monoisotopic (exact) mass is 292 g/mol. The molecule has 1 fully saturated rings. The number of amides is 1. The van der Waals surface area contributed by atoms with Gasteiger partial charge in [-0.05, 0) is 25.7 Å². The molecule has 106 valence electrons. The highest BCUT2D eigenvalue weighted by Crippen LogP contribution is 2.39. The molecule has 1 atom stereocenters. The Bertz CT molecular complexity index is 547. The van der Waals surface area contributed by atoms with Gasteiger partial charge in [0.2, 0.25) is 5.91 Å². The van der Waals surface area contributed by atoms with E-state index >= 15 is 0 Å². The molecule has 1 saturated carbocycles. The second-order valence-electron chi connectivity index (χ2n) is 4.93. The highest BCUT2D eigenvalue weighted by Gasteiger charge is 2.42. The van der Waals surface area contributed by atoms with Gasteiger partial charge in [0.05, 0.1) is 11.8 Å². The zero-order valence-electron chi connectivity index (χ0n) is 11.1. The van der Waals surface area contributed by atoms with Crippen LogP contribution in [0.2, 0.25) is 0 Å². The number of nitriles is 1. The number of nitrogens with zero attached hydrogens (tertiary/aromatic N) is 3. The summed E-state index contributed by atoms with van der Waals surface area (Å²) in [6, 6.07) is 3.62. The Balaban J connectivity index is 1.90. The summed E-state index contributed by atoms with van der Waals surface area (Å²) in [5.74, 6) is 0.670. The van der Waals surface area contributed by atoms with Gasteiger partial charge in [0.15, 0.2) is 5.16 Å². The van der Waals surface area contributed by atoms with Gasteiger partial charge in [0.25, 0.3) is 0 Å². The summed E-state index contributed by atoms with van der Waals surface area (Å²) in [6.45, 7) is 1.75. The number of carbonyl (C=O) groups excluding carboxylic acids is 1. The molecule has 8 heteroatoms. The fraction of sp³-hybridized carbons (Fsp3) is 0.500. The molecule has 1 heterocycles. The molecular weight excluding hydrogens is 276 g/mol. The number of nitrogens with one attached hydrogen (secondary N) is 1. The number of hydrogen-bond acceptors (Lipinski definition) is 7. The van der Waals surface area contributed by atoms with Crippen LogP contribution in [0.5, 0.6) is 0 Å². The highest BCUT2D eigenvalue weighted by molar-refractivity contribution is 7.99. The molecule has 1 aromatic rings. The van der Waals surface area contributed by atoms with Crippen molar-refractivity contribution in [2.75, 3.05) is 17.2 Å². The average molecular weight is 292 g/mol. The van der Waals surface area contributed by atoms with E-state index in [9.17, 15) is 10.1 Å². The number of hydrogen-bond donors (Lipinski definition) is 3. The summed E-state index contributed by atoms with van der Waals surface area (Å²) in [5.41, 5.74) is 10.3. The Kier molecular flexibility index (Phi) is 3.99. The van der Waals surface area contributed by atoms with Gasteiger partial charge in [-0.1, -0.05) is 11.8 Å². The Morgan fingerprint density at radius 1 is 1.55 bits per heavy atom. The van der Waals surface area contributed by atoms with Crippen LogP contribution in [0.25, 0.3) is 0 Å². The first-order chi connectivity index (χ1) is 9.43. The molecule has 1 amide bonds. The van der Waals surface area contributed by atoms with Gasteiger partial charge in [0, 0.05) is 6.07 Å². The van der Waals surface area contributed by atoms with E-state index in [1.165, 1.54) is 6.07 Å². The fourth-order valence-corrected chi connectivity index (χ4v) is 2.54. The van der Waals surface area contributed by atoms with Gasteiger partial charge in [-0.25, -0.2) is 9.97 Å². The molecule has 0 radical (unpaired) electrons. The Morgan fingerprint density at radius 3 is 2.65 bits per heavy atom. The lowest BCUT2D eigenvalue weighted by molar-refractivity contribution is -0.119. The molecule has 0 bridgehead atoms. The van der Waals surface area contributed by atoms with Crippen LogP contribution in [0, 0.1) is 17.2 Å². The number of aromatic nitrogens is 2. The van der Waals surface area contributed by atoms with Crippen molar-refractivity contribution in [2.24, 2.45) is 5.92 Å². The largest absolute Gasteiger partial charge is 0.383 e. The maximum atomic E-state index is 11.9. The van der Waals surface area contributed by atoms with E-state index < -0.39 is 5.54 Å². The third kappa shape index (κ3) is 3.51. The number of thioether (sulfide) groups is 1. The quantitative estimate of drug-likeness (QED) is 0.533. The standard InChI is InChI=1S/C12H16N6OS/c1-12(6-13,7-2-3-7)18-10(19)5-20-11-16-8(14)4-9(15)17-11/h4,7H,2-3,5H2,1H3,(H,18,19)(H4,14,15,16,17). The van der Waals surface area contributed by atoms with Crippen LogP contribution >= 0.6 is 11.8 Å². The minimum atomic E-state index is -0.784. The predicted octanol–water partition coefficient (Wildman–Crippen LogP) is 0.542. The summed E-state index contributed by atoms with van der Waals surface area (Å²) in [6.07, 6.45) is 1.96. The minimum Gasteiger partial charge on any atom is -0.383 e. The smallest absolute Gasteiger partial charge is 0.231 e. The van der Waals surface area contributed by atoms with Gasteiger partial charge in [-0.15, -0.1) is 0 Å². The average Bonchev–Trinajstić information content (AvgIpc) is 3.19. The first-order valence-corrected chi connectivity index (χ1v) is 7.16. The Morgan fingerprint density at radius 2 is 2.15 bits per heavy atom. The van der Waals surface area contributed by atoms with Gasteiger partial charge < -0.3 is 16.8 Å². The van der Waals surface area contributed by atoms with Crippen LogP contribution in [-0.2, 0) is 4.79 Å². The molecule has 1 unspecified atom stereocenters. The van der Waals surface area contributed by atoms with Crippen LogP contribution in [0.1, 0.15) is 19.8 Å². The Hall–Kier alpha value is -2.01. The third-order valence-corrected chi connectivity index (χ3v) is 3.95. The predicted molar refractivity (Wildman–Crippen MR) is 76.5 cm³/mol. The summed E-state index contributed by atoms with van der Waals surface area (Å²) >= 11 is 1.14. The second kappa shape index (κ2) is 5.54. The zero-order valence-corrected chi connectivity index (χ0v) is 11.9. The van der Waals surface area contributed by atoms with E-state index in [1.807, 2.05) is 0 Å². The molecule has 1 aliphatic carbocycles. The molecule has 2 rings (SSSR count). The van der Waals surface area contributed by atoms with Crippen LogP contribution in [-0.4, -0.2) is 27.2 Å². The molecular formula is C12H16N6OS. The van der Waals surface area contributed by atoms with Gasteiger partial charge in [-0.2, -0.15) is 5.26 Å². The van der Waals surface area contributed by atoms with Gasteiger partial charge in [-0.3, -0.25) is 4.79 Å². The maximum Gasteiger partial charge on any atom is 0.231 e. The van der Waals surface area contributed by atoms with Crippen molar-refractivity contribution in [1.29, 1.82) is 5.26 Å². The second-order valence-corrected chi connectivity index (χ2v) is 5.87. The number of nitrogen functional groups attached to an aromatic ring is 2. The van der Waals surface area contributed by atoms with E-state index in [0.717, 1.165) is 24.6 Å². The topological polar surface area (TPSA) is 131 Å². The third-order valence-electron chi connectivity index (χ3n) is 3.10. The van der Waals surface area contributed by atoms with Crippen molar-refractivity contribution in [3.63, 3.8) is 0 Å². The maximum absolute atomic E-state index is 11.9. The fourth-order valence-electron chi connectivity index (χ4n) is 1.86. The molecule has 0 aromatic carbocycles. The normalized spacial score (nSPS) is 17.0. The van der Waals surface area contributed by atoms with E-state index in [2.05, 4.69) is 21.4 Å². The van der Waals surface area contributed by atoms with E-state index in [0.29, 0.717) is 5.16 Å². The lowest BCUT2D eigenvalue weighted by Crippen LogP contribution is -2.47. The van der Waals surface area contributed by atoms with Crippen LogP contribution in [0.4, 0.5) is 11.6 Å². The van der Waals surface area contributed by atoms with Crippen molar-refractivity contribution in [1.82, 2.24) is 15.3 Å². The first-order valence-electron chi connectivity index (χ1n) is 6.18. The summed E-state index contributed by atoms with van der Waals surface area (Å²) < 4.78 is 0. The number of anilines is 2. The van der Waals surface area contributed by atoms with E-state index in [4.69, 9.17) is 11.5 Å². The summed E-state index contributed by atoms with van der Waals surface area (Å²) in [5, 5.41) is 12.3. The van der Waals surface area contributed by atoms with Crippen LogP contribution in [0.3, 0.4) is 0 Å². The zero-order chi connectivity index (χ0) is 14.8. The summed E-state index contributed by atoms with van der Waals surface area (Å²) in [4.78, 5) is 19.8. The van der Waals surface area contributed by atoms with Crippen molar-refractivity contribution in [3.8, 4) is 6.07 Å². The van der Waals surface area contributed by atoms with Gasteiger partial charge >= 0.3 is 0 Å². The van der Waals surface area contributed by atoms with Crippen molar-refractivity contribution in [3.05, 3.63) is 6.07 Å². The lowest BCUT2D eigenvalue weighted by Gasteiger charge is -2.22. The molecule has 20 heavy (non-hydrogen) atoms. The Labute approximate surface area is 121 Å². The van der Waals surface area contributed by atoms with Crippen molar-refractivity contribution < 1.29 is 4.79 Å². The molecule has 0 saturated heterocycles. The summed E-state index contributed by atoms with van der Waals surface area (Å²) in [7, 11) is 0. The van der Waals surface area contributed by atoms with Crippen molar-refractivity contribution in [2.45, 2.75) is 30.5 Å². The molecule has 0 spiro atoms. The molecule has 1 aromatic heterocycles. The van der Waals surface area contributed by atoms with E-state index in [1.54, 1.807) is 6.92 Å². The number of rotatable bonds is 5. The highest BCUT2D eigenvalue weighted by atomic mass is 32.2. The first kappa shape index (κ1) is 14.4. The van der Waals surface area contributed by atoms with Crippen LogP contribution < -0.4 is 16.8 Å². The van der Waals surface area contributed by atoms with Gasteiger partial charge in [0.1, 0.15) is 17.2 Å². The minimum absolute atomic E-state index is 0.118. The lowest BCUT2D eigenvalue weighted by atomic mass is 9.98. The SMILES string of the molecule is CC(C#N)(NC(=O)CSc1nc(N)cc(N)n1)C1CC1. The van der Waals surface area contributed by atoms with Crippen molar-refractivity contribution >= 4 is 29.3 Å².